The number of methoxy groups -OCH3 is 1. The highest BCUT2D eigenvalue weighted by Gasteiger charge is 2.21. The molecule has 0 radical (unpaired) electrons. The van der Waals surface area contributed by atoms with Gasteiger partial charge in [-0.1, -0.05) is 18.2 Å². The van der Waals surface area contributed by atoms with Gasteiger partial charge in [-0.25, -0.2) is 0 Å². The van der Waals surface area contributed by atoms with E-state index in [1.807, 2.05) is 12.1 Å². The Morgan fingerprint density at radius 3 is 2.74 bits per heavy atom. The number of benzene rings is 1. The van der Waals surface area contributed by atoms with Crippen LogP contribution in [0.2, 0.25) is 0 Å². The van der Waals surface area contributed by atoms with Crippen LogP contribution in [0.5, 0.6) is 5.75 Å². The quantitative estimate of drug-likeness (QED) is 0.612. The molecular weight excluding hydrogens is 240 g/mol. The van der Waals surface area contributed by atoms with Crippen molar-refractivity contribution < 1.29 is 14.3 Å². The third-order valence-electron chi connectivity index (χ3n) is 2.92. The van der Waals surface area contributed by atoms with Crippen LogP contribution >= 0.6 is 0 Å². The fourth-order valence-electron chi connectivity index (χ4n) is 2.08. The Kier molecular flexibility index (Phi) is 3.76. The summed E-state index contributed by atoms with van der Waals surface area (Å²) in [6.07, 6.45) is 6.28. The van der Waals surface area contributed by atoms with E-state index < -0.39 is 0 Å². The van der Waals surface area contributed by atoms with Crippen LogP contribution in [-0.4, -0.2) is 18.7 Å². The maximum atomic E-state index is 12.0. The first-order chi connectivity index (χ1) is 9.17. The number of allylic oxidation sites excluding steroid dienone is 5. The number of ether oxygens (including phenoxy) is 1. The zero-order valence-electron chi connectivity index (χ0n) is 10.7. The highest BCUT2D eigenvalue weighted by atomic mass is 16.5. The van der Waals surface area contributed by atoms with Crippen LogP contribution in [0.4, 0.5) is 0 Å². The fraction of sp³-hybridized carbons (Fsp3) is 0.125. The maximum absolute atomic E-state index is 12.0. The third-order valence-corrected chi connectivity index (χ3v) is 2.92. The average Bonchev–Trinajstić information content (AvgIpc) is 2.42. The lowest BCUT2D eigenvalue weighted by Gasteiger charge is -2.15. The van der Waals surface area contributed by atoms with Crippen molar-refractivity contribution in [2.75, 3.05) is 7.11 Å². The molecule has 0 fully saturated rings. The number of carbonyl (C=O) groups excluding carboxylic acids is 2. The SMILES string of the molecule is C=CCc1cccc(OC)c1C1=CC(=O)C=CC1=O. The van der Waals surface area contributed by atoms with E-state index in [2.05, 4.69) is 6.58 Å². The van der Waals surface area contributed by atoms with E-state index in [0.717, 1.165) is 5.56 Å². The van der Waals surface area contributed by atoms with Gasteiger partial charge in [0.1, 0.15) is 5.75 Å². The summed E-state index contributed by atoms with van der Waals surface area (Å²) >= 11 is 0. The van der Waals surface area contributed by atoms with Gasteiger partial charge in [-0.15, -0.1) is 6.58 Å². The third kappa shape index (κ3) is 2.55. The lowest BCUT2D eigenvalue weighted by Crippen LogP contribution is -2.09. The van der Waals surface area contributed by atoms with Crippen molar-refractivity contribution in [3.63, 3.8) is 0 Å². The molecule has 0 unspecified atom stereocenters. The van der Waals surface area contributed by atoms with Crippen LogP contribution in [-0.2, 0) is 16.0 Å². The molecule has 1 aliphatic rings. The molecule has 1 aromatic carbocycles. The average molecular weight is 254 g/mol. The minimum absolute atomic E-state index is 0.186. The van der Waals surface area contributed by atoms with Crippen molar-refractivity contribution in [2.24, 2.45) is 0 Å². The zero-order valence-corrected chi connectivity index (χ0v) is 10.7. The smallest absolute Gasteiger partial charge is 0.186 e. The van der Waals surface area contributed by atoms with Crippen LogP contribution in [0.15, 0.2) is 49.1 Å². The number of hydrogen-bond donors (Lipinski definition) is 0. The first kappa shape index (κ1) is 13.0. The molecule has 3 heteroatoms. The second kappa shape index (κ2) is 5.48. The van der Waals surface area contributed by atoms with Gasteiger partial charge in [-0.05, 0) is 36.3 Å². The summed E-state index contributed by atoms with van der Waals surface area (Å²) in [5, 5.41) is 0. The molecule has 96 valence electrons. The van der Waals surface area contributed by atoms with E-state index in [0.29, 0.717) is 23.3 Å². The van der Waals surface area contributed by atoms with Gasteiger partial charge < -0.3 is 4.74 Å². The number of hydrogen-bond acceptors (Lipinski definition) is 3. The first-order valence-electron chi connectivity index (χ1n) is 5.92. The van der Waals surface area contributed by atoms with Crippen LogP contribution in [0.1, 0.15) is 11.1 Å². The Bertz CT molecular complexity index is 606. The van der Waals surface area contributed by atoms with Crippen molar-refractivity contribution >= 4 is 17.1 Å². The van der Waals surface area contributed by atoms with E-state index >= 15 is 0 Å². The molecule has 1 aromatic rings. The second-order valence-corrected chi connectivity index (χ2v) is 4.15. The summed E-state index contributed by atoms with van der Waals surface area (Å²) in [5.74, 6) is 0.210. The molecule has 0 saturated heterocycles. The van der Waals surface area contributed by atoms with Crippen molar-refractivity contribution in [3.8, 4) is 5.75 Å². The van der Waals surface area contributed by atoms with E-state index in [1.54, 1.807) is 19.3 Å². The van der Waals surface area contributed by atoms with Gasteiger partial charge in [0, 0.05) is 11.1 Å². The molecule has 3 nitrogen and oxygen atoms in total. The summed E-state index contributed by atoms with van der Waals surface area (Å²) in [7, 11) is 1.54. The Morgan fingerprint density at radius 1 is 1.26 bits per heavy atom. The predicted molar refractivity (Wildman–Crippen MR) is 74.0 cm³/mol. The maximum Gasteiger partial charge on any atom is 0.186 e. The monoisotopic (exact) mass is 254 g/mol. The van der Waals surface area contributed by atoms with Crippen molar-refractivity contribution in [1.29, 1.82) is 0 Å². The Morgan fingerprint density at radius 2 is 2.05 bits per heavy atom. The van der Waals surface area contributed by atoms with Crippen molar-refractivity contribution in [3.05, 3.63) is 60.2 Å². The summed E-state index contributed by atoms with van der Waals surface area (Å²) < 4.78 is 5.31. The van der Waals surface area contributed by atoms with Crippen LogP contribution in [0, 0.1) is 0 Å². The van der Waals surface area contributed by atoms with Crippen LogP contribution < -0.4 is 4.74 Å². The molecule has 0 atom stereocenters. The Balaban J connectivity index is 2.62. The van der Waals surface area contributed by atoms with Crippen LogP contribution in [0.3, 0.4) is 0 Å². The molecule has 19 heavy (non-hydrogen) atoms. The molecule has 0 bridgehead atoms. The van der Waals surface area contributed by atoms with Crippen molar-refractivity contribution in [1.82, 2.24) is 0 Å². The molecule has 0 N–H and O–H groups in total. The molecule has 0 spiro atoms. The normalized spacial score (nSPS) is 14.3. The van der Waals surface area contributed by atoms with E-state index in [1.165, 1.54) is 18.2 Å². The zero-order chi connectivity index (χ0) is 13.8. The summed E-state index contributed by atoms with van der Waals surface area (Å²) in [4.78, 5) is 23.5. The Hall–Kier alpha value is -2.42. The van der Waals surface area contributed by atoms with E-state index in [9.17, 15) is 9.59 Å². The van der Waals surface area contributed by atoms with E-state index in [4.69, 9.17) is 4.74 Å². The minimum atomic E-state index is -0.190. The molecule has 2 rings (SSSR count). The molecule has 0 aromatic heterocycles. The molecule has 0 saturated carbocycles. The molecular formula is C16H14O3. The minimum Gasteiger partial charge on any atom is -0.496 e. The molecule has 0 aliphatic heterocycles. The second-order valence-electron chi connectivity index (χ2n) is 4.15. The van der Waals surface area contributed by atoms with Gasteiger partial charge >= 0.3 is 0 Å². The van der Waals surface area contributed by atoms with Gasteiger partial charge in [0.2, 0.25) is 0 Å². The van der Waals surface area contributed by atoms with Gasteiger partial charge in [0.15, 0.2) is 11.6 Å². The summed E-state index contributed by atoms with van der Waals surface area (Å²) in [6.45, 7) is 3.71. The summed E-state index contributed by atoms with van der Waals surface area (Å²) in [6, 6.07) is 5.53. The number of carbonyl (C=O) groups is 2. The van der Waals surface area contributed by atoms with Crippen LogP contribution in [0.25, 0.3) is 5.57 Å². The topological polar surface area (TPSA) is 43.4 Å². The van der Waals surface area contributed by atoms with Gasteiger partial charge in [-0.3, -0.25) is 9.59 Å². The number of ketones is 2. The van der Waals surface area contributed by atoms with Gasteiger partial charge in [-0.2, -0.15) is 0 Å². The predicted octanol–water partition coefficient (Wildman–Crippen LogP) is 2.52. The highest BCUT2D eigenvalue weighted by Crippen LogP contribution is 2.32. The van der Waals surface area contributed by atoms with Crippen molar-refractivity contribution in [2.45, 2.75) is 6.42 Å². The Labute approximate surface area is 111 Å². The molecule has 0 amide bonds. The lowest BCUT2D eigenvalue weighted by atomic mass is 9.90. The standard InChI is InChI=1S/C16H14O3/c1-3-5-11-6-4-7-15(19-2)16(11)13-10-12(17)8-9-14(13)18/h3-4,6-10H,1,5H2,2H3. The first-order valence-corrected chi connectivity index (χ1v) is 5.92. The highest BCUT2D eigenvalue weighted by molar-refractivity contribution is 6.34. The summed E-state index contributed by atoms with van der Waals surface area (Å²) in [5.41, 5.74) is 1.96. The number of rotatable bonds is 4. The van der Waals surface area contributed by atoms with Gasteiger partial charge in [0.05, 0.1) is 7.11 Å². The molecule has 1 aliphatic carbocycles. The van der Waals surface area contributed by atoms with E-state index in [-0.39, 0.29) is 11.6 Å². The van der Waals surface area contributed by atoms with Gasteiger partial charge in [0.25, 0.3) is 0 Å². The lowest BCUT2D eigenvalue weighted by molar-refractivity contribution is -0.113. The molecule has 0 heterocycles. The largest absolute Gasteiger partial charge is 0.496 e. The fourth-order valence-corrected chi connectivity index (χ4v) is 2.08.